The minimum absolute atomic E-state index is 0.975. The Kier molecular flexibility index (Phi) is 7.92. The van der Waals surface area contributed by atoms with Crippen molar-refractivity contribution in [2.75, 3.05) is 0 Å². The van der Waals surface area contributed by atoms with Crippen molar-refractivity contribution in [1.29, 1.82) is 0 Å². The molecule has 0 N–H and O–H groups in total. The van der Waals surface area contributed by atoms with Gasteiger partial charge in [-0.25, -0.2) is 4.98 Å². The lowest BCUT2D eigenvalue weighted by molar-refractivity contribution is 1.41. The summed E-state index contributed by atoms with van der Waals surface area (Å²) in [4.78, 5) is 5.20. The van der Waals surface area contributed by atoms with Gasteiger partial charge in [-0.3, -0.25) is 0 Å². The van der Waals surface area contributed by atoms with E-state index in [1.54, 1.807) is 0 Å². The van der Waals surface area contributed by atoms with Crippen molar-refractivity contribution in [2.24, 2.45) is 0 Å². The molecule has 0 spiro atoms. The first-order valence-electron chi connectivity index (χ1n) is 20.7. The molecular weight excluding hydrogens is 723 g/mol. The number of rotatable bonds is 5. The van der Waals surface area contributed by atoms with Crippen LogP contribution in [-0.2, 0) is 0 Å². The van der Waals surface area contributed by atoms with Crippen LogP contribution in [0.25, 0.3) is 121 Å². The minimum atomic E-state index is 0.975. The zero-order chi connectivity index (χ0) is 39.6. The molecular formula is C59H37N. The molecule has 1 nitrogen and oxygen atoms in total. The van der Waals surface area contributed by atoms with Crippen LogP contribution < -0.4 is 0 Å². The van der Waals surface area contributed by atoms with Gasteiger partial charge in [-0.2, -0.15) is 0 Å². The molecule has 1 heteroatoms. The van der Waals surface area contributed by atoms with E-state index in [-0.39, 0.29) is 0 Å². The van der Waals surface area contributed by atoms with Crippen LogP contribution in [-0.4, -0.2) is 4.98 Å². The number of hydrogen-bond donors (Lipinski definition) is 0. The molecule has 0 amide bonds. The molecule has 1 heterocycles. The number of fused-ring (bicyclic) bond motifs is 7. The van der Waals surface area contributed by atoms with Crippen LogP contribution in [0.5, 0.6) is 0 Å². The largest absolute Gasteiger partial charge is 0.247 e. The third kappa shape index (κ3) is 5.74. The smallest absolute Gasteiger partial charge is 0.0787 e. The second kappa shape index (κ2) is 13.9. The summed E-state index contributed by atoms with van der Waals surface area (Å²) in [5.41, 5.74) is 12.8. The number of aromatic nitrogens is 1. The standard InChI is InChI=1S/C59H37N/c1-2-10-38(11-3-1)47-28-31-52-54(36-47)58(50-27-21-40-13-5-7-16-46(40)35-50)55-37-48(29-32-53(55)57(52)49-26-20-39-12-4-6-15-45(39)34-49)41-18-23-43(24-19-41)56-33-30-44-25-22-42-14-8-9-17-51(42)59(44)60-56/h1-37H. The highest BCUT2D eigenvalue weighted by Crippen LogP contribution is 2.47. The van der Waals surface area contributed by atoms with E-state index in [1.165, 1.54) is 98.4 Å². The van der Waals surface area contributed by atoms with Gasteiger partial charge in [0.15, 0.2) is 0 Å². The lowest BCUT2D eigenvalue weighted by Crippen LogP contribution is -1.93. The van der Waals surface area contributed by atoms with Crippen molar-refractivity contribution in [1.82, 2.24) is 4.98 Å². The molecule has 0 saturated heterocycles. The zero-order valence-electron chi connectivity index (χ0n) is 32.8. The van der Waals surface area contributed by atoms with Gasteiger partial charge in [-0.15, -0.1) is 0 Å². The van der Waals surface area contributed by atoms with E-state index in [0.717, 1.165) is 22.2 Å². The number of hydrogen-bond acceptors (Lipinski definition) is 1. The number of benzene rings is 11. The molecule has 0 aliphatic rings. The average molecular weight is 760 g/mol. The Morgan fingerprint density at radius 3 is 1.28 bits per heavy atom. The van der Waals surface area contributed by atoms with Crippen LogP contribution >= 0.6 is 0 Å². The summed E-state index contributed by atoms with van der Waals surface area (Å²) in [6, 6.07) is 82.2. The molecule has 1 aromatic heterocycles. The summed E-state index contributed by atoms with van der Waals surface area (Å²) in [6.07, 6.45) is 0. The topological polar surface area (TPSA) is 12.9 Å². The van der Waals surface area contributed by atoms with E-state index in [1.807, 2.05) is 0 Å². The quantitative estimate of drug-likeness (QED) is 0.126. The van der Waals surface area contributed by atoms with Gasteiger partial charge in [0.2, 0.25) is 0 Å². The van der Waals surface area contributed by atoms with E-state index in [4.69, 9.17) is 4.98 Å². The van der Waals surface area contributed by atoms with Crippen molar-refractivity contribution in [2.45, 2.75) is 0 Å². The Labute approximate surface area is 348 Å². The second-order valence-electron chi connectivity index (χ2n) is 15.9. The summed E-state index contributed by atoms with van der Waals surface area (Å²) in [5, 5.41) is 13.4. The molecule has 0 aliphatic carbocycles. The Bertz CT molecular complexity index is 3640. The lowest BCUT2D eigenvalue weighted by atomic mass is 9.83. The molecule has 12 rings (SSSR count). The Morgan fingerprint density at radius 1 is 0.217 bits per heavy atom. The summed E-state index contributed by atoms with van der Waals surface area (Å²) < 4.78 is 0. The van der Waals surface area contributed by atoms with Gasteiger partial charge in [0.25, 0.3) is 0 Å². The van der Waals surface area contributed by atoms with Gasteiger partial charge < -0.3 is 0 Å². The highest BCUT2D eigenvalue weighted by atomic mass is 14.7. The van der Waals surface area contributed by atoms with Crippen LogP contribution in [0.4, 0.5) is 0 Å². The van der Waals surface area contributed by atoms with E-state index in [0.29, 0.717) is 0 Å². The van der Waals surface area contributed by atoms with E-state index in [9.17, 15) is 0 Å². The van der Waals surface area contributed by atoms with Crippen LogP contribution in [0.15, 0.2) is 224 Å². The van der Waals surface area contributed by atoms with Crippen LogP contribution in [0.2, 0.25) is 0 Å². The average Bonchev–Trinajstić information content (AvgIpc) is 3.32. The molecule has 0 bridgehead atoms. The van der Waals surface area contributed by atoms with Crippen LogP contribution in [0.3, 0.4) is 0 Å². The summed E-state index contributed by atoms with van der Waals surface area (Å²) >= 11 is 0. The fraction of sp³-hybridized carbons (Fsp3) is 0. The maximum Gasteiger partial charge on any atom is 0.0787 e. The summed E-state index contributed by atoms with van der Waals surface area (Å²) in [6.45, 7) is 0. The first-order chi connectivity index (χ1) is 29.7. The van der Waals surface area contributed by atoms with Crippen molar-refractivity contribution in [3.05, 3.63) is 224 Å². The molecule has 0 aliphatic heterocycles. The van der Waals surface area contributed by atoms with Gasteiger partial charge >= 0.3 is 0 Å². The monoisotopic (exact) mass is 759 g/mol. The van der Waals surface area contributed by atoms with E-state index >= 15 is 0 Å². The molecule has 12 aromatic rings. The maximum absolute atomic E-state index is 5.20. The number of pyridine rings is 1. The molecule has 0 radical (unpaired) electrons. The van der Waals surface area contributed by atoms with Gasteiger partial charge in [0.1, 0.15) is 0 Å². The molecule has 0 saturated carbocycles. The molecule has 11 aromatic carbocycles. The Morgan fingerprint density at radius 2 is 0.650 bits per heavy atom. The lowest BCUT2D eigenvalue weighted by Gasteiger charge is -2.20. The first-order valence-corrected chi connectivity index (χ1v) is 20.7. The van der Waals surface area contributed by atoms with Gasteiger partial charge in [-0.05, 0) is 123 Å². The van der Waals surface area contributed by atoms with Crippen molar-refractivity contribution >= 4 is 64.8 Å². The van der Waals surface area contributed by atoms with Crippen molar-refractivity contribution in [3.8, 4) is 55.8 Å². The number of nitrogens with zero attached hydrogens (tertiary/aromatic N) is 1. The van der Waals surface area contributed by atoms with Crippen molar-refractivity contribution in [3.63, 3.8) is 0 Å². The van der Waals surface area contributed by atoms with Gasteiger partial charge in [-0.1, -0.05) is 194 Å². The minimum Gasteiger partial charge on any atom is -0.247 e. The van der Waals surface area contributed by atoms with Gasteiger partial charge in [0.05, 0.1) is 11.2 Å². The summed E-state index contributed by atoms with van der Waals surface area (Å²) in [5.74, 6) is 0. The third-order valence-corrected chi connectivity index (χ3v) is 12.4. The predicted octanol–water partition coefficient (Wildman–Crippen LogP) is 16.3. The predicted molar refractivity (Wildman–Crippen MR) is 256 cm³/mol. The van der Waals surface area contributed by atoms with Crippen LogP contribution in [0, 0.1) is 0 Å². The first kappa shape index (κ1) is 34.2. The van der Waals surface area contributed by atoms with E-state index in [2.05, 4.69) is 224 Å². The molecule has 0 unspecified atom stereocenters. The Hall–Kier alpha value is -7.87. The summed E-state index contributed by atoms with van der Waals surface area (Å²) in [7, 11) is 0. The molecule has 0 fully saturated rings. The van der Waals surface area contributed by atoms with E-state index < -0.39 is 0 Å². The Balaban J connectivity index is 1.09. The molecule has 0 atom stereocenters. The fourth-order valence-electron chi connectivity index (χ4n) is 9.38. The molecule has 60 heavy (non-hydrogen) atoms. The zero-order valence-corrected chi connectivity index (χ0v) is 32.8. The molecule has 278 valence electrons. The van der Waals surface area contributed by atoms with Gasteiger partial charge in [0, 0.05) is 16.3 Å². The SMILES string of the molecule is c1ccc(-c2ccc3c(-c4ccc5ccccc5c4)c4ccc(-c5ccc(-c6ccc7ccc8ccccc8c7n6)cc5)cc4c(-c4ccc5ccccc5c4)c3c2)cc1. The highest BCUT2D eigenvalue weighted by Gasteiger charge is 2.19. The van der Waals surface area contributed by atoms with Crippen molar-refractivity contribution < 1.29 is 0 Å². The highest BCUT2D eigenvalue weighted by molar-refractivity contribution is 6.23. The third-order valence-electron chi connectivity index (χ3n) is 12.4. The fourth-order valence-corrected chi connectivity index (χ4v) is 9.38. The second-order valence-corrected chi connectivity index (χ2v) is 15.9. The normalized spacial score (nSPS) is 11.7. The van der Waals surface area contributed by atoms with Crippen LogP contribution in [0.1, 0.15) is 0 Å². The maximum atomic E-state index is 5.20.